The van der Waals surface area contributed by atoms with Gasteiger partial charge in [0.2, 0.25) is 5.91 Å². The molecule has 2 unspecified atom stereocenters. The lowest BCUT2D eigenvalue weighted by molar-refractivity contribution is -0.139. The number of amides is 2. The van der Waals surface area contributed by atoms with Crippen LogP contribution in [0.25, 0.3) is 0 Å². The van der Waals surface area contributed by atoms with E-state index in [4.69, 9.17) is 4.74 Å². The standard InChI is InChI=1S/C18H23NO4/c1-3-8-15(16(20)4-2)17(21)19-14(12-23-18(19)22)11-13-9-6-5-7-10-13/h5-7,9-10,14-15H,3-4,8,11-12H2,1-2H3. The van der Waals surface area contributed by atoms with Crippen LogP contribution in [-0.2, 0) is 20.7 Å². The number of imide groups is 1. The summed E-state index contributed by atoms with van der Waals surface area (Å²) in [5.41, 5.74) is 1.03. The molecular formula is C18H23NO4. The number of hydrogen-bond acceptors (Lipinski definition) is 4. The minimum atomic E-state index is -0.742. The van der Waals surface area contributed by atoms with Crippen molar-refractivity contribution in [2.75, 3.05) is 6.61 Å². The molecule has 1 saturated heterocycles. The molecule has 1 heterocycles. The van der Waals surface area contributed by atoms with E-state index in [2.05, 4.69) is 0 Å². The number of cyclic esters (lactones) is 1. The van der Waals surface area contributed by atoms with Gasteiger partial charge in [-0.1, -0.05) is 50.6 Å². The van der Waals surface area contributed by atoms with Gasteiger partial charge in [0.25, 0.3) is 0 Å². The lowest BCUT2D eigenvalue weighted by Crippen LogP contribution is -2.45. The fourth-order valence-corrected chi connectivity index (χ4v) is 2.89. The summed E-state index contributed by atoms with van der Waals surface area (Å²) in [7, 11) is 0. The number of benzene rings is 1. The zero-order valence-corrected chi connectivity index (χ0v) is 13.7. The highest BCUT2D eigenvalue weighted by molar-refractivity contribution is 6.06. The molecule has 2 amide bonds. The number of carbonyl (C=O) groups is 3. The van der Waals surface area contributed by atoms with Gasteiger partial charge in [-0.15, -0.1) is 0 Å². The highest BCUT2D eigenvalue weighted by Gasteiger charge is 2.42. The first kappa shape index (κ1) is 17.2. The molecule has 1 fully saturated rings. The highest BCUT2D eigenvalue weighted by Crippen LogP contribution is 2.23. The van der Waals surface area contributed by atoms with Gasteiger partial charge >= 0.3 is 6.09 Å². The topological polar surface area (TPSA) is 63.7 Å². The van der Waals surface area contributed by atoms with Crippen molar-refractivity contribution in [2.24, 2.45) is 5.92 Å². The molecule has 1 aromatic rings. The molecule has 124 valence electrons. The molecular weight excluding hydrogens is 294 g/mol. The minimum Gasteiger partial charge on any atom is -0.447 e. The van der Waals surface area contributed by atoms with Crippen molar-refractivity contribution < 1.29 is 19.1 Å². The van der Waals surface area contributed by atoms with Gasteiger partial charge in [-0.05, 0) is 18.4 Å². The molecule has 2 atom stereocenters. The summed E-state index contributed by atoms with van der Waals surface area (Å²) >= 11 is 0. The maximum Gasteiger partial charge on any atom is 0.417 e. The summed E-state index contributed by atoms with van der Waals surface area (Å²) in [4.78, 5) is 38.0. The van der Waals surface area contributed by atoms with Gasteiger partial charge in [0.05, 0.1) is 12.0 Å². The minimum absolute atomic E-state index is 0.116. The van der Waals surface area contributed by atoms with Crippen molar-refractivity contribution in [3.63, 3.8) is 0 Å². The van der Waals surface area contributed by atoms with E-state index in [1.54, 1.807) is 6.92 Å². The van der Waals surface area contributed by atoms with Crippen molar-refractivity contribution in [3.05, 3.63) is 35.9 Å². The van der Waals surface area contributed by atoms with Crippen LogP contribution < -0.4 is 0 Å². The summed E-state index contributed by atoms with van der Waals surface area (Å²) in [6.45, 7) is 3.84. The van der Waals surface area contributed by atoms with Crippen LogP contribution in [0.1, 0.15) is 38.7 Å². The second-order valence-corrected chi connectivity index (χ2v) is 5.79. The van der Waals surface area contributed by atoms with Crippen molar-refractivity contribution in [1.29, 1.82) is 0 Å². The first-order chi connectivity index (χ1) is 11.1. The third-order valence-corrected chi connectivity index (χ3v) is 4.13. The van der Waals surface area contributed by atoms with Gasteiger partial charge < -0.3 is 4.74 Å². The summed E-state index contributed by atoms with van der Waals surface area (Å²) in [5.74, 6) is -1.27. The van der Waals surface area contributed by atoms with E-state index in [1.807, 2.05) is 37.3 Å². The maximum absolute atomic E-state index is 12.8. The first-order valence-electron chi connectivity index (χ1n) is 8.14. The Morgan fingerprint density at radius 2 is 1.96 bits per heavy atom. The Labute approximate surface area is 136 Å². The Morgan fingerprint density at radius 1 is 1.26 bits per heavy atom. The highest BCUT2D eigenvalue weighted by atomic mass is 16.6. The predicted octanol–water partition coefficient (Wildman–Crippen LogP) is 2.97. The molecule has 0 bridgehead atoms. The van der Waals surface area contributed by atoms with E-state index in [0.717, 1.165) is 10.5 Å². The van der Waals surface area contributed by atoms with Crippen LogP contribution >= 0.6 is 0 Å². The quantitative estimate of drug-likeness (QED) is 0.725. The van der Waals surface area contributed by atoms with Crippen LogP contribution in [0, 0.1) is 5.92 Å². The normalized spacial score (nSPS) is 18.6. The third kappa shape index (κ3) is 3.97. The molecule has 5 nitrogen and oxygen atoms in total. The fourth-order valence-electron chi connectivity index (χ4n) is 2.89. The lowest BCUT2D eigenvalue weighted by atomic mass is 9.94. The largest absolute Gasteiger partial charge is 0.447 e. The van der Waals surface area contributed by atoms with E-state index in [1.165, 1.54) is 0 Å². The molecule has 1 aliphatic heterocycles. The number of Topliss-reactive ketones (excluding diaryl/α,β-unsaturated/α-hetero) is 1. The Bertz CT molecular complexity index is 570. The molecule has 1 aromatic carbocycles. The van der Waals surface area contributed by atoms with Crippen LogP contribution in [0.3, 0.4) is 0 Å². The van der Waals surface area contributed by atoms with Crippen molar-refractivity contribution >= 4 is 17.8 Å². The molecule has 5 heteroatoms. The van der Waals surface area contributed by atoms with E-state index in [9.17, 15) is 14.4 Å². The van der Waals surface area contributed by atoms with Gasteiger partial charge in [-0.2, -0.15) is 0 Å². The number of carbonyl (C=O) groups excluding carboxylic acids is 3. The Kier molecular flexibility index (Phi) is 5.90. The summed E-state index contributed by atoms with van der Waals surface area (Å²) in [5, 5.41) is 0. The van der Waals surface area contributed by atoms with Crippen LogP contribution in [0.4, 0.5) is 4.79 Å². The molecule has 2 rings (SSSR count). The van der Waals surface area contributed by atoms with Crippen LogP contribution in [-0.4, -0.2) is 35.3 Å². The molecule has 0 radical (unpaired) electrons. The first-order valence-corrected chi connectivity index (χ1v) is 8.14. The molecule has 23 heavy (non-hydrogen) atoms. The van der Waals surface area contributed by atoms with Gasteiger partial charge in [0.1, 0.15) is 12.4 Å². The van der Waals surface area contributed by atoms with E-state index >= 15 is 0 Å². The van der Waals surface area contributed by atoms with E-state index in [-0.39, 0.29) is 18.4 Å². The Balaban J connectivity index is 2.17. The van der Waals surface area contributed by atoms with Crippen molar-refractivity contribution in [3.8, 4) is 0 Å². The SMILES string of the molecule is CCCC(C(=O)CC)C(=O)N1C(=O)OCC1Cc1ccccc1. The summed E-state index contributed by atoms with van der Waals surface area (Å²) in [6, 6.07) is 9.30. The second-order valence-electron chi connectivity index (χ2n) is 5.79. The molecule has 0 aliphatic carbocycles. The lowest BCUT2D eigenvalue weighted by Gasteiger charge is -2.24. The smallest absolute Gasteiger partial charge is 0.417 e. The average molecular weight is 317 g/mol. The third-order valence-electron chi connectivity index (χ3n) is 4.13. The summed E-state index contributed by atoms with van der Waals surface area (Å²) < 4.78 is 5.07. The number of hydrogen-bond donors (Lipinski definition) is 0. The average Bonchev–Trinajstić information content (AvgIpc) is 2.92. The van der Waals surface area contributed by atoms with Gasteiger partial charge in [-0.3, -0.25) is 9.59 Å². The van der Waals surface area contributed by atoms with Crippen molar-refractivity contribution in [1.82, 2.24) is 4.90 Å². The van der Waals surface area contributed by atoms with Crippen molar-refractivity contribution in [2.45, 2.75) is 45.6 Å². The number of ether oxygens (including phenoxy) is 1. The molecule has 0 N–H and O–H groups in total. The molecule has 1 aliphatic rings. The number of rotatable bonds is 7. The number of nitrogens with zero attached hydrogens (tertiary/aromatic N) is 1. The molecule has 0 spiro atoms. The zero-order chi connectivity index (χ0) is 16.8. The fraction of sp³-hybridized carbons (Fsp3) is 0.500. The van der Waals surface area contributed by atoms with Crippen LogP contribution in [0.15, 0.2) is 30.3 Å². The van der Waals surface area contributed by atoms with E-state index < -0.39 is 17.9 Å². The molecule has 0 aromatic heterocycles. The van der Waals surface area contributed by atoms with Gasteiger partial charge in [0.15, 0.2) is 0 Å². The predicted molar refractivity (Wildman–Crippen MR) is 85.8 cm³/mol. The number of ketones is 1. The van der Waals surface area contributed by atoms with E-state index in [0.29, 0.717) is 25.7 Å². The zero-order valence-electron chi connectivity index (χ0n) is 13.7. The van der Waals surface area contributed by atoms with Crippen LogP contribution in [0.5, 0.6) is 0 Å². The van der Waals surface area contributed by atoms with Gasteiger partial charge in [-0.25, -0.2) is 9.69 Å². The van der Waals surface area contributed by atoms with Gasteiger partial charge in [0, 0.05) is 6.42 Å². The maximum atomic E-state index is 12.8. The second kappa shape index (κ2) is 7.90. The Hall–Kier alpha value is -2.17. The molecule has 0 saturated carbocycles. The van der Waals surface area contributed by atoms with Crippen LogP contribution in [0.2, 0.25) is 0 Å². The summed E-state index contributed by atoms with van der Waals surface area (Å²) in [6.07, 6.45) is 1.38. The monoisotopic (exact) mass is 317 g/mol. The Morgan fingerprint density at radius 3 is 2.57 bits per heavy atom.